The van der Waals surface area contributed by atoms with Crippen LogP contribution in [0.5, 0.6) is 0 Å². The Balaban J connectivity index is 2.27. The SMILES string of the molecule is CCNC(=NCCCCn1ccccc1=O)NCCOC. The second-order valence-corrected chi connectivity index (χ2v) is 4.62. The van der Waals surface area contributed by atoms with E-state index in [2.05, 4.69) is 15.6 Å². The quantitative estimate of drug-likeness (QED) is 0.402. The van der Waals surface area contributed by atoms with E-state index in [4.69, 9.17) is 4.74 Å². The molecule has 2 N–H and O–H groups in total. The predicted octanol–water partition coefficient (Wildman–Crippen LogP) is 0.830. The number of guanidine groups is 1. The first kappa shape index (κ1) is 17.2. The molecule has 0 radical (unpaired) electrons. The van der Waals surface area contributed by atoms with E-state index in [-0.39, 0.29) is 5.56 Å². The molecule has 0 aromatic carbocycles. The van der Waals surface area contributed by atoms with Gasteiger partial charge in [-0.3, -0.25) is 9.79 Å². The van der Waals surface area contributed by atoms with Crippen LogP contribution >= 0.6 is 0 Å². The number of ether oxygens (including phenoxy) is 1. The number of pyridine rings is 1. The molecule has 1 aromatic heterocycles. The van der Waals surface area contributed by atoms with Crippen LogP contribution in [0.25, 0.3) is 0 Å². The third-order valence-corrected chi connectivity index (χ3v) is 2.92. The summed E-state index contributed by atoms with van der Waals surface area (Å²) in [4.78, 5) is 16.0. The lowest BCUT2D eigenvalue weighted by Crippen LogP contribution is -2.39. The van der Waals surface area contributed by atoms with E-state index in [1.54, 1.807) is 23.8 Å². The fourth-order valence-electron chi connectivity index (χ4n) is 1.84. The summed E-state index contributed by atoms with van der Waals surface area (Å²) in [6, 6.07) is 5.22. The van der Waals surface area contributed by atoms with Crippen LogP contribution < -0.4 is 16.2 Å². The summed E-state index contributed by atoms with van der Waals surface area (Å²) in [5, 5.41) is 6.39. The van der Waals surface area contributed by atoms with Gasteiger partial charge in [-0.2, -0.15) is 0 Å². The van der Waals surface area contributed by atoms with E-state index in [0.29, 0.717) is 6.61 Å². The van der Waals surface area contributed by atoms with Crippen LogP contribution in [0.3, 0.4) is 0 Å². The summed E-state index contributed by atoms with van der Waals surface area (Å²) < 4.78 is 6.72. The van der Waals surface area contributed by atoms with Crippen LogP contribution in [-0.4, -0.2) is 43.9 Å². The van der Waals surface area contributed by atoms with Gasteiger partial charge in [0.1, 0.15) is 0 Å². The zero-order valence-electron chi connectivity index (χ0n) is 13.0. The van der Waals surface area contributed by atoms with Gasteiger partial charge in [-0.15, -0.1) is 0 Å². The largest absolute Gasteiger partial charge is 0.383 e. The van der Waals surface area contributed by atoms with Crippen LogP contribution in [-0.2, 0) is 11.3 Å². The molecule has 0 atom stereocenters. The number of aliphatic imine (C=N–C) groups is 1. The molecule has 0 saturated heterocycles. The summed E-state index contributed by atoms with van der Waals surface area (Å²) in [7, 11) is 1.68. The summed E-state index contributed by atoms with van der Waals surface area (Å²) >= 11 is 0. The Morgan fingerprint density at radius 3 is 2.90 bits per heavy atom. The molecule has 118 valence electrons. The molecule has 0 aliphatic rings. The number of nitrogens with zero attached hydrogens (tertiary/aromatic N) is 2. The van der Waals surface area contributed by atoms with Gasteiger partial charge in [0.25, 0.3) is 0 Å². The van der Waals surface area contributed by atoms with Crippen LogP contribution in [0, 0.1) is 0 Å². The van der Waals surface area contributed by atoms with Crippen molar-refractivity contribution in [1.82, 2.24) is 15.2 Å². The highest BCUT2D eigenvalue weighted by Crippen LogP contribution is 1.94. The number of aromatic nitrogens is 1. The van der Waals surface area contributed by atoms with Crippen LogP contribution in [0.2, 0.25) is 0 Å². The van der Waals surface area contributed by atoms with Gasteiger partial charge in [0.05, 0.1) is 6.61 Å². The first-order chi connectivity index (χ1) is 10.3. The molecule has 0 aliphatic carbocycles. The Labute approximate surface area is 126 Å². The van der Waals surface area contributed by atoms with E-state index in [0.717, 1.165) is 45.0 Å². The van der Waals surface area contributed by atoms with E-state index in [1.807, 2.05) is 19.2 Å². The van der Waals surface area contributed by atoms with Crippen molar-refractivity contribution in [2.75, 3.05) is 33.4 Å². The molecule has 6 heteroatoms. The summed E-state index contributed by atoms with van der Waals surface area (Å²) in [6.45, 7) is 5.74. The van der Waals surface area contributed by atoms with Crippen molar-refractivity contribution < 1.29 is 4.74 Å². The highest BCUT2D eigenvalue weighted by atomic mass is 16.5. The maximum absolute atomic E-state index is 11.5. The van der Waals surface area contributed by atoms with Gasteiger partial charge < -0.3 is 19.9 Å². The molecule has 0 bridgehead atoms. The maximum atomic E-state index is 11.5. The fourth-order valence-corrected chi connectivity index (χ4v) is 1.84. The maximum Gasteiger partial charge on any atom is 0.250 e. The number of hydrogen-bond donors (Lipinski definition) is 2. The van der Waals surface area contributed by atoms with Crippen LogP contribution in [0.1, 0.15) is 19.8 Å². The Morgan fingerprint density at radius 1 is 1.33 bits per heavy atom. The molecular formula is C15H26N4O2. The first-order valence-electron chi connectivity index (χ1n) is 7.44. The van der Waals surface area contributed by atoms with E-state index in [1.165, 1.54) is 0 Å². The third kappa shape index (κ3) is 7.51. The lowest BCUT2D eigenvalue weighted by atomic mass is 10.3. The third-order valence-electron chi connectivity index (χ3n) is 2.92. The van der Waals surface area contributed by atoms with Gasteiger partial charge in [0, 0.05) is 45.6 Å². The Hall–Kier alpha value is -1.82. The molecule has 21 heavy (non-hydrogen) atoms. The first-order valence-corrected chi connectivity index (χ1v) is 7.44. The van der Waals surface area contributed by atoms with Crippen LogP contribution in [0.4, 0.5) is 0 Å². The molecule has 1 rings (SSSR count). The minimum atomic E-state index is 0.0515. The van der Waals surface area contributed by atoms with E-state index < -0.39 is 0 Å². The van der Waals surface area contributed by atoms with E-state index >= 15 is 0 Å². The number of nitrogens with one attached hydrogen (secondary N) is 2. The zero-order chi connectivity index (χ0) is 15.3. The summed E-state index contributed by atoms with van der Waals surface area (Å²) in [5.74, 6) is 0.812. The van der Waals surface area contributed by atoms with Gasteiger partial charge in [-0.1, -0.05) is 6.07 Å². The number of hydrogen-bond acceptors (Lipinski definition) is 3. The highest BCUT2D eigenvalue weighted by Gasteiger charge is 1.97. The molecule has 0 unspecified atom stereocenters. The molecule has 1 heterocycles. The lowest BCUT2D eigenvalue weighted by Gasteiger charge is -2.10. The minimum Gasteiger partial charge on any atom is -0.383 e. The lowest BCUT2D eigenvalue weighted by molar-refractivity contribution is 0.203. The van der Waals surface area contributed by atoms with Gasteiger partial charge in [0.15, 0.2) is 5.96 Å². The Kier molecular flexibility index (Phi) is 8.95. The Bertz CT molecular complexity index is 471. The Morgan fingerprint density at radius 2 is 2.19 bits per heavy atom. The smallest absolute Gasteiger partial charge is 0.250 e. The van der Waals surface area contributed by atoms with Crippen molar-refractivity contribution in [3.8, 4) is 0 Å². The second-order valence-electron chi connectivity index (χ2n) is 4.62. The molecular weight excluding hydrogens is 268 g/mol. The molecule has 0 spiro atoms. The number of methoxy groups -OCH3 is 1. The van der Waals surface area contributed by atoms with Gasteiger partial charge in [-0.05, 0) is 25.8 Å². The predicted molar refractivity (Wildman–Crippen MR) is 85.8 cm³/mol. The summed E-state index contributed by atoms with van der Waals surface area (Å²) in [6.07, 6.45) is 3.70. The standard InChI is InChI=1S/C15H26N4O2/c1-3-16-15(18-10-13-21-2)17-9-5-7-12-19-11-6-4-8-14(19)20/h4,6,8,11H,3,5,7,9-10,12-13H2,1-2H3,(H2,16,17,18). The fraction of sp³-hybridized carbons (Fsp3) is 0.600. The molecule has 0 fully saturated rings. The van der Waals surface area contributed by atoms with Gasteiger partial charge in [-0.25, -0.2) is 0 Å². The highest BCUT2D eigenvalue weighted by molar-refractivity contribution is 5.79. The average molecular weight is 294 g/mol. The number of aryl methyl sites for hydroxylation is 1. The number of unbranched alkanes of at least 4 members (excludes halogenated alkanes) is 1. The van der Waals surface area contributed by atoms with Crippen molar-refractivity contribution in [3.63, 3.8) is 0 Å². The van der Waals surface area contributed by atoms with Gasteiger partial charge in [0.2, 0.25) is 5.56 Å². The van der Waals surface area contributed by atoms with Crippen molar-refractivity contribution in [2.45, 2.75) is 26.3 Å². The molecule has 0 saturated carbocycles. The molecule has 0 aliphatic heterocycles. The van der Waals surface area contributed by atoms with Crippen LogP contribution in [0.15, 0.2) is 34.2 Å². The van der Waals surface area contributed by atoms with Crippen molar-refractivity contribution in [3.05, 3.63) is 34.7 Å². The van der Waals surface area contributed by atoms with Crippen molar-refractivity contribution in [2.24, 2.45) is 4.99 Å². The normalized spacial score (nSPS) is 11.4. The average Bonchev–Trinajstić information content (AvgIpc) is 2.49. The monoisotopic (exact) mass is 294 g/mol. The van der Waals surface area contributed by atoms with Crippen molar-refractivity contribution >= 4 is 5.96 Å². The second kappa shape index (κ2) is 10.9. The number of rotatable bonds is 9. The molecule has 0 amide bonds. The van der Waals surface area contributed by atoms with E-state index in [9.17, 15) is 4.79 Å². The summed E-state index contributed by atoms with van der Waals surface area (Å²) in [5.41, 5.74) is 0.0515. The van der Waals surface area contributed by atoms with Crippen molar-refractivity contribution in [1.29, 1.82) is 0 Å². The topological polar surface area (TPSA) is 67.7 Å². The molecule has 1 aromatic rings. The zero-order valence-corrected chi connectivity index (χ0v) is 13.0. The minimum absolute atomic E-state index is 0.0515. The van der Waals surface area contributed by atoms with Gasteiger partial charge >= 0.3 is 0 Å². The molecule has 6 nitrogen and oxygen atoms in total.